The smallest absolute Gasteiger partial charge is 0.306 e. The van der Waals surface area contributed by atoms with Gasteiger partial charge < -0.3 is 53.2 Å². The molecular formula is C47H78O13. The fraction of sp³-hybridized carbons (Fsp3) is 0.915. The number of carboxylic acids is 1. The summed E-state index contributed by atoms with van der Waals surface area (Å²) in [5.74, 6) is -5.73. The Hall–Kier alpha value is -1.52. The highest BCUT2D eigenvalue weighted by Crippen LogP contribution is 2.57. The van der Waals surface area contributed by atoms with Crippen molar-refractivity contribution < 1.29 is 62.8 Å². The predicted octanol–water partition coefficient (Wildman–Crippen LogP) is 7.18. The number of ether oxygens (including phenoxy) is 8. The van der Waals surface area contributed by atoms with Gasteiger partial charge in [-0.1, -0.05) is 61.5 Å². The number of rotatable bonds is 13. The van der Waals surface area contributed by atoms with Crippen LogP contribution in [-0.4, -0.2) is 113 Å². The summed E-state index contributed by atoms with van der Waals surface area (Å²) >= 11 is 0. The summed E-state index contributed by atoms with van der Waals surface area (Å²) in [4.78, 5) is 25.0. The zero-order chi connectivity index (χ0) is 44.1. The first-order chi connectivity index (χ1) is 28.1. The number of methoxy groups -OCH3 is 1. The first kappa shape index (κ1) is 47.9. The molecule has 3 N–H and O–H groups in total. The summed E-state index contributed by atoms with van der Waals surface area (Å²) in [5, 5.41) is 30.7. The SMILES string of the molecule is COC1CCC(OC2CC(C(C)/C=C(\C)C(=O)C(C)CC(C)C(=O)O)OC3(CCC(C)(C4CCC(C)C5(OC(C6OC(O)(CO)C(C)CC6C)CC5C)O4)O3)C2C)OC1C. The molecule has 6 aliphatic heterocycles. The average Bonchev–Trinajstić information content (AvgIpc) is 3.72. The van der Waals surface area contributed by atoms with Crippen LogP contribution in [0.5, 0.6) is 0 Å². The molecule has 0 bridgehead atoms. The lowest BCUT2D eigenvalue weighted by Gasteiger charge is -2.52. The second-order valence-electron chi connectivity index (χ2n) is 20.5. The fourth-order valence-electron chi connectivity index (χ4n) is 11.7. The minimum atomic E-state index is -1.61. The molecule has 6 heterocycles. The van der Waals surface area contributed by atoms with Crippen LogP contribution in [-0.2, 0) is 47.5 Å². The number of hydrogen-bond donors (Lipinski definition) is 3. The molecule has 2 spiro atoms. The first-order valence-corrected chi connectivity index (χ1v) is 23.1. The maximum absolute atomic E-state index is 13.5. The summed E-state index contributed by atoms with van der Waals surface area (Å²) in [6.45, 7) is 21.6. The van der Waals surface area contributed by atoms with E-state index in [-0.39, 0.29) is 90.4 Å². The topological polar surface area (TPSA) is 169 Å². The number of aliphatic hydroxyl groups is 2. The van der Waals surface area contributed by atoms with Gasteiger partial charge in [0, 0.05) is 61.9 Å². The van der Waals surface area contributed by atoms with E-state index in [0.29, 0.717) is 37.7 Å². The van der Waals surface area contributed by atoms with Gasteiger partial charge in [-0.3, -0.25) is 9.59 Å². The predicted molar refractivity (Wildman–Crippen MR) is 222 cm³/mol. The number of ketones is 1. The number of allylic oxidation sites excluding steroid dienone is 1. The van der Waals surface area contributed by atoms with E-state index in [1.807, 2.05) is 26.8 Å². The van der Waals surface area contributed by atoms with Crippen LogP contribution < -0.4 is 0 Å². The number of aliphatic hydroxyl groups excluding tert-OH is 1. The largest absolute Gasteiger partial charge is 0.481 e. The Morgan fingerprint density at radius 2 is 1.57 bits per heavy atom. The molecular weight excluding hydrogens is 773 g/mol. The van der Waals surface area contributed by atoms with Crippen molar-refractivity contribution in [1.82, 2.24) is 0 Å². The summed E-state index contributed by atoms with van der Waals surface area (Å²) in [6.07, 6.45) is 6.69. The van der Waals surface area contributed by atoms with E-state index in [4.69, 9.17) is 37.9 Å². The van der Waals surface area contributed by atoms with Crippen molar-refractivity contribution in [2.75, 3.05) is 13.7 Å². The van der Waals surface area contributed by atoms with E-state index in [2.05, 4.69) is 41.5 Å². The molecule has 6 rings (SSSR count). The lowest BCUT2D eigenvalue weighted by Crippen LogP contribution is -2.60. The average molecular weight is 851 g/mol. The number of carbonyl (C=O) groups excluding carboxylic acids is 1. The van der Waals surface area contributed by atoms with Gasteiger partial charge in [0.15, 0.2) is 29.4 Å². The van der Waals surface area contributed by atoms with Crippen LogP contribution in [0.15, 0.2) is 11.6 Å². The van der Waals surface area contributed by atoms with Gasteiger partial charge in [-0.25, -0.2) is 0 Å². The van der Waals surface area contributed by atoms with Crippen LogP contribution in [0.1, 0.15) is 140 Å². The summed E-state index contributed by atoms with van der Waals surface area (Å²) < 4.78 is 54.0. The number of aliphatic carboxylic acids is 1. The van der Waals surface area contributed by atoms with Crippen LogP contribution in [0.4, 0.5) is 0 Å². The Kier molecular flexibility index (Phi) is 14.8. The highest BCUT2D eigenvalue weighted by molar-refractivity contribution is 5.96. The van der Waals surface area contributed by atoms with Crippen molar-refractivity contribution >= 4 is 11.8 Å². The van der Waals surface area contributed by atoms with E-state index in [1.165, 1.54) is 0 Å². The van der Waals surface area contributed by atoms with E-state index in [1.54, 1.807) is 21.0 Å². The molecule has 6 aliphatic rings. The molecule has 20 unspecified atom stereocenters. The molecule has 0 aliphatic carbocycles. The Labute approximate surface area is 358 Å². The van der Waals surface area contributed by atoms with Crippen LogP contribution >= 0.6 is 0 Å². The highest BCUT2D eigenvalue weighted by atomic mass is 16.8. The Balaban J connectivity index is 1.22. The van der Waals surface area contributed by atoms with E-state index >= 15 is 0 Å². The molecule has 6 fully saturated rings. The molecule has 0 aromatic carbocycles. The molecule has 0 aromatic rings. The van der Waals surface area contributed by atoms with Crippen LogP contribution in [0.2, 0.25) is 0 Å². The van der Waals surface area contributed by atoms with Crippen LogP contribution in [0, 0.1) is 47.3 Å². The zero-order valence-electron chi connectivity index (χ0n) is 38.5. The normalized spacial score (nSPS) is 48.0. The maximum atomic E-state index is 13.5. The van der Waals surface area contributed by atoms with E-state index in [9.17, 15) is 24.9 Å². The molecule has 0 radical (unpaired) electrons. The monoisotopic (exact) mass is 851 g/mol. The van der Waals surface area contributed by atoms with Gasteiger partial charge in [-0.05, 0) is 77.2 Å². The van der Waals surface area contributed by atoms with Gasteiger partial charge >= 0.3 is 5.97 Å². The van der Waals surface area contributed by atoms with Crippen molar-refractivity contribution in [2.45, 2.75) is 212 Å². The molecule has 0 amide bonds. The molecule has 13 nitrogen and oxygen atoms in total. The minimum Gasteiger partial charge on any atom is -0.481 e. The first-order valence-electron chi connectivity index (χ1n) is 23.1. The van der Waals surface area contributed by atoms with Gasteiger partial charge in [0.05, 0.1) is 60.9 Å². The number of hydrogen-bond acceptors (Lipinski definition) is 12. The molecule has 60 heavy (non-hydrogen) atoms. The van der Waals surface area contributed by atoms with Crippen molar-refractivity contribution in [1.29, 1.82) is 0 Å². The number of Topliss-reactive ketones (excluding diaryl/α,β-unsaturated/α-hetero) is 1. The lowest BCUT2D eigenvalue weighted by molar-refractivity contribution is -0.382. The van der Waals surface area contributed by atoms with Gasteiger partial charge in [0.2, 0.25) is 0 Å². The fourth-order valence-corrected chi connectivity index (χ4v) is 11.7. The Morgan fingerprint density at radius 3 is 2.22 bits per heavy atom. The van der Waals surface area contributed by atoms with Gasteiger partial charge in [0.25, 0.3) is 0 Å². The van der Waals surface area contributed by atoms with E-state index in [0.717, 1.165) is 25.7 Å². The minimum absolute atomic E-state index is 0.0101. The number of carboxylic acid groups (broad SMARTS) is 1. The second kappa shape index (κ2) is 18.5. The van der Waals surface area contributed by atoms with E-state index < -0.39 is 53.7 Å². The van der Waals surface area contributed by atoms with Crippen LogP contribution in [0.25, 0.3) is 0 Å². The molecule has 0 aromatic heterocycles. The van der Waals surface area contributed by atoms with Gasteiger partial charge in [-0.15, -0.1) is 0 Å². The molecule has 344 valence electrons. The lowest BCUT2D eigenvalue weighted by atomic mass is 9.78. The highest BCUT2D eigenvalue weighted by Gasteiger charge is 2.64. The third kappa shape index (κ3) is 9.33. The Morgan fingerprint density at radius 1 is 0.850 bits per heavy atom. The number of carbonyl (C=O) groups is 2. The molecule has 20 atom stereocenters. The summed E-state index contributed by atoms with van der Waals surface area (Å²) in [6, 6.07) is 0. The standard InChI is InChI=1S/C47H78O13/c1-25(19-26(2)41(49)27(3)20-29(5)43(50)51)36-23-37(55-40-16-14-35(53-12)34(10)54-40)33(9)46(56-36)18-17-44(11,60-46)39-15-13-30(6)47(58-39)32(8)22-38(57-47)42-28(4)21-31(7)45(52,24-48)59-42/h19,25,27-40,42,48,52H,13-18,20-24H2,1-12H3,(H,50,51)/b26-19+. The van der Waals surface area contributed by atoms with Crippen molar-refractivity contribution in [3.05, 3.63) is 11.6 Å². The van der Waals surface area contributed by atoms with Crippen molar-refractivity contribution in [3.8, 4) is 0 Å². The van der Waals surface area contributed by atoms with Crippen molar-refractivity contribution in [3.63, 3.8) is 0 Å². The summed E-state index contributed by atoms with van der Waals surface area (Å²) in [7, 11) is 1.71. The quantitative estimate of drug-likeness (QED) is 0.160. The second-order valence-corrected chi connectivity index (χ2v) is 20.5. The molecule has 0 saturated carbocycles. The third-order valence-electron chi connectivity index (χ3n) is 15.9. The van der Waals surface area contributed by atoms with Crippen LogP contribution in [0.3, 0.4) is 0 Å². The molecule has 13 heteroatoms. The third-order valence-corrected chi connectivity index (χ3v) is 15.9. The van der Waals surface area contributed by atoms with Crippen molar-refractivity contribution in [2.24, 2.45) is 47.3 Å². The maximum Gasteiger partial charge on any atom is 0.306 e. The zero-order valence-corrected chi connectivity index (χ0v) is 38.5. The van der Waals surface area contributed by atoms with Gasteiger partial charge in [0.1, 0.15) is 0 Å². The Bertz CT molecular complexity index is 1540. The summed E-state index contributed by atoms with van der Waals surface area (Å²) in [5.41, 5.74) is -0.116. The van der Waals surface area contributed by atoms with Gasteiger partial charge in [-0.2, -0.15) is 0 Å². The molecule has 6 saturated heterocycles.